The van der Waals surface area contributed by atoms with Crippen LogP contribution >= 0.6 is 27.3 Å². The summed E-state index contributed by atoms with van der Waals surface area (Å²) in [6.45, 7) is 3.68. The lowest BCUT2D eigenvalue weighted by atomic mass is 10.3. The highest BCUT2D eigenvalue weighted by molar-refractivity contribution is 9.10. The molecule has 5 nitrogen and oxygen atoms in total. The van der Waals surface area contributed by atoms with Crippen molar-refractivity contribution in [1.29, 1.82) is 0 Å². The number of nitrogens with two attached hydrogens (primary N) is 1. The Morgan fingerprint density at radius 2 is 2.15 bits per heavy atom. The molecule has 0 amide bonds. The smallest absolute Gasteiger partial charge is 0.243 e. The Kier molecular flexibility index (Phi) is 4.48. The fourth-order valence-electron chi connectivity index (χ4n) is 1.68. The molecule has 0 aliphatic carbocycles. The van der Waals surface area contributed by atoms with Crippen molar-refractivity contribution >= 4 is 43.0 Å². The largest absolute Gasteiger partial charge is 0.398 e. The van der Waals surface area contributed by atoms with Crippen LogP contribution in [-0.4, -0.2) is 13.4 Å². The molecule has 0 aliphatic rings. The summed E-state index contributed by atoms with van der Waals surface area (Å²) < 4.78 is 28.0. The van der Waals surface area contributed by atoms with Gasteiger partial charge in [-0.15, -0.1) is 11.3 Å². The van der Waals surface area contributed by atoms with E-state index in [1.165, 1.54) is 17.4 Å². The van der Waals surface area contributed by atoms with Crippen molar-refractivity contribution in [2.45, 2.75) is 24.8 Å². The summed E-state index contributed by atoms with van der Waals surface area (Å²) in [5.74, 6) is 0. The van der Waals surface area contributed by atoms with E-state index in [0.29, 0.717) is 0 Å². The molecule has 0 fully saturated rings. The van der Waals surface area contributed by atoms with Crippen molar-refractivity contribution in [3.05, 3.63) is 38.8 Å². The van der Waals surface area contributed by atoms with E-state index in [4.69, 9.17) is 5.73 Å². The van der Waals surface area contributed by atoms with Crippen LogP contribution in [0.25, 0.3) is 0 Å². The Hall–Kier alpha value is -0.960. The summed E-state index contributed by atoms with van der Waals surface area (Å²) in [6.07, 6.45) is 1.72. The van der Waals surface area contributed by atoms with Gasteiger partial charge in [0.05, 0.1) is 11.7 Å². The number of thiazole rings is 1. The molecule has 8 heteroatoms. The van der Waals surface area contributed by atoms with Gasteiger partial charge in [-0.3, -0.25) is 0 Å². The highest BCUT2D eigenvalue weighted by Gasteiger charge is 2.22. The zero-order valence-electron chi connectivity index (χ0n) is 10.9. The third-order valence-corrected chi connectivity index (χ3v) is 5.81. The fraction of sp³-hybridized carbons (Fsp3) is 0.250. The molecule has 0 bridgehead atoms. The summed E-state index contributed by atoms with van der Waals surface area (Å²) in [5.41, 5.74) is 5.97. The molecule has 3 N–H and O–H groups in total. The van der Waals surface area contributed by atoms with Crippen LogP contribution in [0.5, 0.6) is 0 Å². The second-order valence-electron chi connectivity index (χ2n) is 4.33. The van der Waals surface area contributed by atoms with Gasteiger partial charge in [0.25, 0.3) is 0 Å². The second-order valence-corrected chi connectivity index (χ2v) is 8.20. The average molecular weight is 376 g/mol. The molecule has 0 saturated heterocycles. The van der Waals surface area contributed by atoms with Crippen LogP contribution in [0.2, 0.25) is 0 Å². The molecule has 0 radical (unpaired) electrons. The van der Waals surface area contributed by atoms with Crippen LogP contribution in [0.3, 0.4) is 0 Å². The van der Waals surface area contributed by atoms with Crippen LogP contribution < -0.4 is 10.5 Å². The van der Waals surface area contributed by atoms with Gasteiger partial charge in [0.1, 0.15) is 9.90 Å². The quantitative estimate of drug-likeness (QED) is 0.804. The Balaban J connectivity index is 2.27. The molecule has 2 aromatic rings. The van der Waals surface area contributed by atoms with Gasteiger partial charge in [-0.25, -0.2) is 18.1 Å². The maximum Gasteiger partial charge on any atom is 0.243 e. The standard InChI is InChI=1S/C12H14BrN3O2S2/c1-7-6-15-12(19-7)8(2)16-20(17,18)11-4-3-9(13)5-10(11)14/h3-6,8,16H,14H2,1-2H3. The van der Waals surface area contributed by atoms with E-state index >= 15 is 0 Å². The molecule has 1 unspecified atom stereocenters. The van der Waals surface area contributed by atoms with Gasteiger partial charge in [0.15, 0.2) is 0 Å². The zero-order valence-corrected chi connectivity index (χ0v) is 14.1. The van der Waals surface area contributed by atoms with E-state index in [9.17, 15) is 8.42 Å². The van der Waals surface area contributed by atoms with Gasteiger partial charge < -0.3 is 5.73 Å². The number of halogens is 1. The summed E-state index contributed by atoms with van der Waals surface area (Å²) in [6, 6.07) is 4.28. The molecular weight excluding hydrogens is 362 g/mol. The third kappa shape index (κ3) is 3.38. The van der Waals surface area contributed by atoms with Crippen LogP contribution in [0.15, 0.2) is 33.8 Å². The van der Waals surface area contributed by atoms with Gasteiger partial charge in [-0.1, -0.05) is 15.9 Å². The molecule has 20 heavy (non-hydrogen) atoms. The first-order chi connectivity index (χ1) is 9.29. The lowest BCUT2D eigenvalue weighted by Crippen LogP contribution is -2.27. The third-order valence-electron chi connectivity index (χ3n) is 2.60. The average Bonchev–Trinajstić information content (AvgIpc) is 2.74. The van der Waals surface area contributed by atoms with Gasteiger partial charge in [-0.2, -0.15) is 0 Å². The molecule has 0 aliphatic heterocycles. The van der Waals surface area contributed by atoms with Crippen LogP contribution in [0.1, 0.15) is 22.9 Å². The first-order valence-electron chi connectivity index (χ1n) is 5.79. The summed E-state index contributed by atoms with van der Waals surface area (Å²) >= 11 is 4.71. The van der Waals surface area contributed by atoms with E-state index in [1.54, 1.807) is 25.3 Å². The zero-order chi connectivity index (χ0) is 14.9. The number of rotatable bonds is 4. The van der Waals surface area contributed by atoms with Crippen LogP contribution in [-0.2, 0) is 10.0 Å². The molecule has 0 spiro atoms. The molecule has 108 valence electrons. The molecule has 1 heterocycles. The topological polar surface area (TPSA) is 85.1 Å². The first-order valence-corrected chi connectivity index (χ1v) is 8.88. The van der Waals surface area contributed by atoms with E-state index < -0.39 is 16.1 Å². The normalized spacial score (nSPS) is 13.3. The maximum atomic E-state index is 12.3. The van der Waals surface area contributed by atoms with Crippen LogP contribution in [0.4, 0.5) is 5.69 Å². The number of nitrogens with zero attached hydrogens (tertiary/aromatic N) is 1. The summed E-state index contributed by atoms with van der Waals surface area (Å²) in [5, 5.41) is 0.724. The fourth-order valence-corrected chi connectivity index (χ4v) is 4.23. The number of sulfonamides is 1. The highest BCUT2D eigenvalue weighted by Crippen LogP contribution is 2.25. The highest BCUT2D eigenvalue weighted by atomic mass is 79.9. The van der Waals surface area contributed by atoms with Gasteiger partial charge in [0, 0.05) is 15.5 Å². The summed E-state index contributed by atoms with van der Waals surface area (Å²) in [4.78, 5) is 5.29. The van der Waals surface area contributed by atoms with Crippen LogP contribution in [0, 0.1) is 6.92 Å². The van der Waals surface area contributed by atoms with Crippen molar-refractivity contribution in [1.82, 2.24) is 9.71 Å². The Morgan fingerprint density at radius 3 is 2.70 bits per heavy atom. The van der Waals surface area contributed by atoms with E-state index in [0.717, 1.165) is 14.4 Å². The number of aryl methyl sites for hydroxylation is 1. The number of aromatic nitrogens is 1. The van der Waals surface area contributed by atoms with Crippen molar-refractivity contribution < 1.29 is 8.42 Å². The predicted octanol–water partition coefficient (Wildman–Crippen LogP) is 2.84. The Morgan fingerprint density at radius 1 is 1.45 bits per heavy atom. The first kappa shape index (κ1) is 15.4. The number of hydrogen-bond donors (Lipinski definition) is 2. The minimum atomic E-state index is -3.68. The van der Waals surface area contributed by atoms with Crippen molar-refractivity contribution in [2.24, 2.45) is 0 Å². The van der Waals surface area contributed by atoms with E-state index in [1.807, 2.05) is 6.92 Å². The molecule has 1 aromatic heterocycles. The predicted molar refractivity (Wildman–Crippen MR) is 84.1 cm³/mol. The minimum absolute atomic E-state index is 0.0702. The Bertz CT molecular complexity index is 728. The molecular formula is C12H14BrN3O2S2. The minimum Gasteiger partial charge on any atom is -0.398 e. The molecule has 1 atom stereocenters. The van der Waals surface area contributed by atoms with Crippen molar-refractivity contribution in [2.75, 3.05) is 5.73 Å². The SMILES string of the molecule is Cc1cnc(C(C)NS(=O)(=O)c2ccc(Br)cc2N)s1. The summed E-state index contributed by atoms with van der Waals surface area (Å²) in [7, 11) is -3.68. The van der Waals surface area contributed by atoms with Gasteiger partial charge >= 0.3 is 0 Å². The Labute approximate surface area is 130 Å². The molecule has 2 rings (SSSR count). The lowest BCUT2D eigenvalue weighted by molar-refractivity contribution is 0.566. The number of benzene rings is 1. The van der Waals surface area contributed by atoms with Gasteiger partial charge in [0.2, 0.25) is 10.0 Å². The number of hydrogen-bond acceptors (Lipinski definition) is 5. The maximum absolute atomic E-state index is 12.3. The van der Waals surface area contributed by atoms with E-state index in [2.05, 4.69) is 25.6 Å². The number of anilines is 1. The van der Waals surface area contributed by atoms with E-state index in [-0.39, 0.29) is 10.6 Å². The van der Waals surface area contributed by atoms with Crippen molar-refractivity contribution in [3.8, 4) is 0 Å². The van der Waals surface area contributed by atoms with Crippen molar-refractivity contribution in [3.63, 3.8) is 0 Å². The molecule has 0 saturated carbocycles. The number of nitrogen functional groups attached to an aromatic ring is 1. The number of nitrogens with one attached hydrogen (secondary N) is 1. The molecule has 1 aromatic carbocycles. The second kappa shape index (κ2) is 5.80. The van der Waals surface area contributed by atoms with Gasteiger partial charge in [-0.05, 0) is 32.0 Å². The lowest BCUT2D eigenvalue weighted by Gasteiger charge is -2.13. The monoisotopic (exact) mass is 375 g/mol.